The quantitative estimate of drug-likeness (QED) is 0.597. The molecule has 1 aliphatic rings. The van der Waals surface area contributed by atoms with Gasteiger partial charge in [-0.2, -0.15) is 0 Å². The molecule has 1 saturated heterocycles. The molecule has 1 fully saturated rings. The second-order valence-electron chi connectivity index (χ2n) is 7.81. The number of piperidine rings is 1. The van der Waals surface area contributed by atoms with Gasteiger partial charge >= 0.3 is 0 Å². The predicted octanol–water partition coefficient (Wildman–Crippen LogP) is 4.25. The number of aryl methyl sites for hydroxylation is 1. The van der Waals surface area contributed by atoms with E-state index >= 15 is 0 Å². The summed E-state index contributed by atoms with van der Waals surface area (Å²) in [5.74, 6) is 0. The fourth-order valence-corrected chi connectivity index (χ4v) is 5.73. The molecule has 156 valence electrons. The Balaban J connectivity index is 1.57. The summed E-state index contributed by atoms with van der Waals surface area (Å²) in [5, 5.41) is 0. The third-order valence-electron chi connectivity index (χ3n) is 5.63. The van der Waals surface area contributed by atoms with Gasteiger partial charge in [-0.1, -0.05) is 35.9 Å². The van der Waals surface area contributed by atoms with Gasteiger partial charge in [0, 0.05) is 38.1 Å². The number of rotatable bonds is 6. The summed E-state index contributed by atoms with van der Waals surface area (Å²) in [6.07, 6.45) is 5.22. The van der Waals surface area contributed by atoms with Gasteiger partial charge in [0.2, 0.25) is 0 Å². The first kappa shape index (κ1) is 20.6. The molecule has 1 aromatic heterocycles. The third kappa shape index (κ3) is 4.55. The molecule has 0 bridgehead atoms. The van der Waals surface area contributed by atoms with Crippen molar-refractivity contribution >= 4 is 15.7 Å². The highest BCUT2D eigenvalue weighted by atomic mass is 32.2. The summed E-state index contributed by atoms with van der Waals surface area (Å²) < 4.78 is 28.8. The molecular weight excluding hydrogens is 394 g/mol. The molecule has 30 heavy (non-hydrogen) atoms. The lowest BCUT2D eigenvalue weighted by Gasteiger charge is -2.39. The Morgan fingerprint density at radius 1 is 0.933 bits per heavy atom. The summed E-state index contributed by atoms with van der Waals surface area (Å²) >= 11 is 0. The van der Waals surface area contributed by atoms with Gasteiger partial charge in [-0.3, -0.25) is 14.2 Å². The highest BCUT2D eigenvalue weighted by molar-refractivity contribution is 7.92. The molecule has 0 spiro atoms. The van der Waals surface area contributed by atoms with Crippen molar-refractivity contribution in [3.8, 4) is 0 Å². The Bertz CT molecular complexity index is 1050. The Morgan fingerprint density at radius 3 is 2.20 bits per heavy atom. The van der Waals surface area contributed by atoms with Crippen LogP contribution in [0.1, 0.15) is 24.0 Å². The van der Waals surface area contributed by atoms with Crippen LogP contribution < -0.4 is 4.31 Å². The molecule has 1 aliphatic heterocycles. The monoisotopic (exact) mass is 421 g/mol. The number of benzene rings is 2. The number of sulfonamides is 1. The molecule has 0 radical (unpaired) electrons. The molecule has 0 atom stereocenters. The van der Waals surface area contributed by atoms with Gasteiger partial charge in [-0.05, 0) is 61.7 Å². The average molecular weight is 422 g/mol. The fraction of sp³-hybridized carbons (Fsp3) is 0.292. The van der Waals surface area contributed by atoms with Crippen LogP contribution in [0.25, 0.3) is 0 Å². The van der Waals surface area contributed by atoms with Crippen LogP contribution in [0, 0.1) is 6.92 Å². The van der Waals surface area contributed by atoms with Gasteiger partial charge in [0.25, 0.3) is 10.0 Å². The van der Waals surface area contributed by atoms with Crippen LogP contribution in [0.3, 0.4) is 0 Å². The fourth-order valence-electron chi connectivity index (χ4n) is 4.00. The summed E-state index contributed by atoms with van der Waals surface area (Å²) in [5.41, 5.74) is 3.08. The predicted molar refractivity (Wildman–Crippen MR) is 120 cm³/mol. The van der Waals surface area contributed by atoms with Crippen molar-refractivity contribution in [1.29, 1.82) is 0 Å². The number of nitrogens with zero attached hydrogens (tertiary/aromatic N) is 3. The zero-order valence-corrected chi connectivity index (χ0v) is 18.0. The summed E-state index contributed by atoms with van der Waals surface area (Å²) in [6, 6.07) is 20.5. The van der Waals surface area contributed by atoms with Crippen molar-refractivity contribution in [2.24, 2.45) is 0 Å². The molecule has 0 amide bonds. The van der Waals surface area contributed by atoms with Gasteiger partial charge in [0.05, 0.1) is 10.6 Å². The van der Waals surface area contributed by atoms with E-state index in [1.54, 1.807) is 28.6 Å². The second kappa shape index (κ2) is 8.98. The van der Waals surface area contributed by atoms with Crippen molar-refractivity contribution in [3.63, 3.8) is 0 Å². The van der Waals surface area contributed by atoms with E-state index in [9.17, 15) is 8.42 Å². The maximum Gasteiger partial charge on any atom is 0.264 e. The standard InChI is InChI=1S/C24H27N3O2S/c1-20-7-9-22(10-8-20)27(30(28,29)24-5-3-2-4-6-24)23-13-17-26(18-14-23)19-21-11-15-25-16-12-21/h2-12,15-16,23H,13-14,17-19H2,1H3. The maximum atomic E-state index is 13.6. The van der Waals surface area contributed by atoms with Crippen molar-refractivity contribution in [3.05, 3.63) is 90.3 Å². The minimum absolute atomic E-state index is 0.0633. The lowest BCUT2D eigenvalue weighted by Crippen LogP contribution is -2.47. The van der Waals surface area contributed by atoms with E-state index in [1.807, 2.05) is 61.8 Å². The van der Waals surface area contributed by atoms with Crippen LogP contribution in [0.4, 0.5) is 5.69 Å². The molecule has 3 aromatic rings. The highest BCUT2D eigenvalue weighted by Gasteiger charge is 2.34. The van der Waals surface area contributed by atoms with Crippen molar-refractivity contribution in [1.82, 2.24) is 9.88 Å². The lowest BCUT2D eigenvalue weighted by molar-refractivity contribution is 0.206. The minimum atomic E-state index is -3.64. The zero-order chi connectivity index (χ0) is 21.0. The number of hydrogen-bond acceptors (Lipinski definition) is 4. The molecule has 0 N–H and O–H groups in total. The molecule has 2 heterocycles. The average Bonchev–Trinajstić information content (AvgIpc) is 2.78. The van der Waals surface area contributed by atoms with Gasteiger partial charge in [0.15, 0.2) is 0 Å². The number of hydrogen-bond donors (Lipinski definition) is 0. The topological polar surface area (TPSA) is 53.5 Å². The first-order valence-corrected chi connectivity index (χ1v) is 11.8. The molecule has 2 aromatic carbocycles. The van der Waals surface area contributed by atoms with E-state index in [0.29, 0.717) is 4.90 Å². The SMILES string of the molecule is Cc1ccc(N(C2CCN(Cc3ccncc3)CC2)S(=O)(=O)c2ccccc2)cc1. The van der Waals surface area contributed by atoms with E-state index in [-0.39, 0.29) is 6.04 Å². The largest absolute Gasteiger partial charge is 0.299 e. The number of pyridine rings is 1. The van der Waals surface area contributed by atoms with Crippen molar-refractivity contribution < 1.29 is 8.42 Å². The minimum Gasteiger partial charge on any atom is -0.299 e. The van der Waals surface area contributed by atoms with Crippen molar-refractivity contribution in [2.45, 2.75) is 37.2 Å². The van der Waals surface area contributed by atoms with Crippen molar-refractivity contribution in [2.75, 3.05) is 17.4 Å². The third-order valence-corrected chi connectivity index (χ3v) is 7.53. The molecular formula is C24H27N3O2S. The van der Waals surface area contributed by atoms with E-state index in [2.05, 4.69) is 9.88 Å². The Morgan fingerprint density at radius 2 is 1.57 bits per heavy atom. The molecule has 4 rings (SSSR count). The summed E-state index contributed by atoms with van der Waals surface area (Å²) in [4.78, 5) is 6.80. The van der Waals surface area contributed by atoms with Gasteiger partial charge in [0.1, 0.15) is 0 Å². The number of anilines is 1. The van der Waals surface area contributed by atoms with Gasteiger partial charge in [-0.15, -0.1) is 0 Å². The van der Waals surface area contributed by atoms with Crippen LogP contribution in [-0.4, -0.2) is 37.4 Å². The zero-order valence-electron chi connectivity index (χ0n) is 17.2. The Hall–Kier alpha value is -2.70. The maximum absolute atomic E-state index is 13.6. The molecule has 0 saturated carbocycles. The van der Waals surface area contributed by atoms with E-state index in [0.717, 1.165) is 43.7 Å². The van der Waals surface area contributed by atoms with Crippen LogP contribution >= 0.6 is 0 Å². The molecule has 0 unspecified atom stereocenters. The van der Waals surface area contributed by atoms with E-state index < -0.39 is 10.0 Å². The summed E-state index contributed by atoms with van der Waals surface area (Å²) in [6.45, 7) is 4.60. The molecule has 0 aliphatic carbocycles. The van der Waals surface area contributed by atoms with Gasteiger partial charge < -0.3 is 0 Å². The highest BCUT2D eigenvalue weighted by Crippen LogP contribution is 2.31. The van der Waals surface area contributed by atoms with Crippen LogP contribution in [0.5, 0.6) is 0 Å². The van der Waals surface area contributed by atoms with Gasteiger partial charge in [-0.25, -0.2) is 8.42 Å². The number of aromatic nitrogens is 1. The Kier molecular flexibility index (Phi) is 6.16. The summed E-state index contributed by atoms with van der Waals surface area (Å²) in [7, 11) is -3.64. The molecule has 6 heteroatoms. The van der Waals surface area contributed by atoms with Crippen LogP contribution in [0.15, 0.2) is 84.0 Å². The molecule has 5 nitrogen and oxygen atoms in total. The Labute approximate surface area is 179 Å². The lowest BCUT2D eigenvalue weighted by atomic mass is 10.0. The smallest absolute Gasteiger partial charge is 0.264 e. The first-order valence-electron chi connectivity index (χ1n) is 10.3. The van der Waals surface area contributed by atoms with Crippen LogP contribution in [-0.2, 0) is 16.6 Å². The first-order chi connectivity index (χ1) is 14.5. The second-order valence-corrected chi connectivity index (χ2v) is 9.63. The van der Waals surface area contributed by atoms with Crippen LogP contribution in [0.2, 0.25) is 0 Å². The van der Waals surface area contributed by atoms with E-state index in [4.69, 9.17) is 0 Å². The van der Waals surface area contributed by atoms with E-state index in [1.165, 1.54) is 5.56 Å². The number of likely N-dealkylation sites (tertiary alicyclic amines) is 1. The normalized spacial score (nSPS) is 15.8.